The second kappa shape index (κ2) is 15.4. The van der Waals surface area contributed by atoms with Crippen molar-refractivity contribution in [2.45, 2.75) is 108 Å². The fraction of sp³-hybridized carbons (Fsp3) is 0.500. The summed E-state index contributed by atoms with van der Waals surface area (Å²) in [5.74, 6) is -2.98. The molecule has 2 aromatic carbocycles. The van der Waals surface area contributed by atoms with E-state index in [0.29, 0.717) is 24.0 Å². The van der Waals surface area contributed by atoms with Crippen LogP contribution >= 0.6 is 0 Å². The zero-order valence-electron chi connectivity index (χ0n) is 30.0. The summed E-state index contributed by atoms with van der Waals surface area (Å²) in [6.07, 6.45) is 4.61. The van der Waals surface area contributed by atoms with E-state index in [1.165, 1.54) is 40.1 Å². The number of carbonyl (C=O) groups is 5. The van der Waals surface area contributed by atoms with Gasteiger partial charge >= 0.3 is 12.2 Å². The standard InChI is InChI=1S/C38H45F2N5O8/c1-37(2,3)52-35(49)41-30-13-8-6-4-5-7-11-24-19-38(24,34(48)43-53-26-16-14-25(39)15-17-26)42-32(46)31-18-27(21-45(31)33(30)47)51-36(50)44-20-23-10-9-12-29(40)28(23)22-44/h7,9-12,14-17,24,27,30-31H,4-6,8,13,18-22H2,1-3H3,(H,41,49)(H,42,46)(H,43,48)/b11-7-/t24-,27?,30+,31+,38-/m1/s1. The predicted molar refractivity (Wildman–Crippen MR) is 186 cm³/mol. The Morgan fingerprint density at radius 2 is 1.77 bits per heavy atom. The van der Waals surface area contributed by atoms with Crippen molar-refractivity contribution in [3.05, 3.63) is 77.4 Å². The largest absolute Gasteiger partial charge is 0.444 e. The summed E-state index contributed by atoms with van der Waals surface area (Å²) in [4.78, 5) is 76.5. The van der Waals surface area contributed by atoms with Gasteiger partial charge in [-0.1, -0.05) is 37.1 Å². The Labute approximate surface area is 306 Å². The molecule has 0 aromatic heterocycles. The first-order valence-electron chi connectivity index (χ1n) is 18.0. The summed E-state index contributed by atoms with van der Waals surface area (Å²) >= 11 is 0. The molecule has 1 saturated heterocycles. The molecular formula is C38H45F2N5O8. The van der Waals surface area contributed by atoms with Gasteiger partial charge in [0.05, 0.1) is 13.1 Å². The van der Waals surface area contributed by atoms with Crippen LogP contribution in [0.2, 0.25) is 0 Å². The molecule has 284 valence electrons. The number of fused-ring (bicyclic) bond motifs is 3. The van der Waals surface area contributed by atoms with E-state index in [2.05, 4.69) is 16.1 Å². The van der Waals surface area contributed by atoms with E-state index in [4.69, 9.17) is 14.3 Å². The lowest BCUT2D eigenvalue weighted by atomic mass is 10.0. The van der Waals surface area contributed by atoms with Gasteiger partial charge < -0.3 is 29.8 Å². The number of benzene rings is 2. The first-order chi connectivity index (χ1) is 25.2. The third-order valence-corrected chi connectivity index (χ3v) is 9.86. The van der Waals surface area contributed by atoms with E-state index in [0.717, 1.165) is 12.8 Å². The van der Waals surface area contributed by atoms with E-state index in [-0.39, 0.29) is 50.6 Å². The number of carbonyl (C=O) groups excluding carboxylic acids is 5. The Hall–Kier alpha value is -5.21. The SMILES string of the molecule is CC(C)(C)OC(=O)N[C@H]1CCCCC/C=C\[C@@H]2C[C@@]2(C(=O)NOc2ccc(F)cc2)NC(=O)[C@@H]2CC(OC(=O)N3Cc4cccc(F)c4C3)CN2C1=O. The van der Waals surface area contributed by atoms with Crippen LogP contribution in [-0.2, 0) is 36.9 Å². The van der Waals surface area contributed by atoms with Gasteiger partial charge in [0.25, 0.3) is 5.91 Å². The fourth-order valence-electron chi connectivity index (χ4n) is 7.04. The minimum Gasteiger partial charge on any atom is -0.444 e. The number of nitrogens with one attached hydrogen (secondary N) is 3. The van der Waals surface area contributed by atoms with Crippen LogP contribution in [0.4, 0.5) is 18.4 Å². The zero-order chi connectivity index (χ0) is 37.9. The first kappa shape index (κ1) is 37.5. The Kier molecular flexibility index (Phi) is 10.9. The van der Waals surface area contributed by atoms with Gasteiger partial charge in [-0.25, -0.2) is 18.4 Å². The van der Waals surface area contributed by atoms with E-state index >= 15 is 0 Å². The van der Waals surface area contributed by atoms with Gasteiger partial charge in [-0.3, -0.25) is 19.3 Å². The highest BCUT2D eigenvalue weighted by molar-refractivity contribution is 5.98. The molecule has 0 bridgehead atoms. The van der Waals surface area contributed by atoms with Crippen LogP contribution in [0.3, 0.4) is 0 Å². The number of hydroxylamine groups is 1. The van der Waals surface area contributed by atoms with Crippen molar-refractivity contribution in [1.82, 2.24) is 25.9 Å². The van der Waals surface area contributed by atoms with Gasteiger partial charge in [0.2, 0.25) is 11.8 Å². The Bertz CT molecular complexity index is 1770. The molecular weight excluding hydrogens is 692 g/mol. The average Bonchev–Trinajstić information content (AvgIpc) is 3.39. The highest BCUT2D eigenvalue weighted by Gasteiger charge is 2.61. The molecule has 5 amide bonds. The van der Waals surface area contributed by atoms with Gasteiger partial charge in [0, 0.05) is 24.4 Å². The number of hydrogen-bond donors (Lipinski definition) is 3. The van der Waals surface area contributed by atoms with Gasteiger partial charge in [0.15, 0.2) is 5.75 Å². The molecule has 3 heterocycles. The van der Waals surface area contributed by atoms with Crippen molar-refractivity contribution in [1.29, 1.82) is 0 Å². The molecule has 13 nitrogen and oxygen atoms in total. The van der Waals surface area contributed by atoms with Crippen LogP contribution in [0.15, 0.2) is 54.6 Å². The Morgan fingerprint density at radius 1 is 1.00 bits per heavy atom. The average molecular weight is 738 g/mol. The molecule has 2 aromatic rings. The maximum absolute atomic E-state index is 14.4. The third kappa shape index (κ3) is 8.88. The summed E-state index contributed by atoms with van der Waals surface area (Å²) in [6, 6.07) is 7.42. The van der Waals surface area contributed by atoms with Gasteiger partial charge in [0.1, 0.15) is 41.0 Å². The van der Waals surface area contributed by atoms with Crippen LogP contribution in [0.25, 0.3) is 0 Å². The molecule has 1 saturated carbocycles. The van der Waals surface area contributed by atoms with E-state index in [1.807, 2.05) is 12.2 Å². The summed E-state index contributed by atoms with van der Waals surface area (Å²) < 4.78 is 39.1. The summed E-state index contributed by atoms with van der Waals surface area (Å²) in [5, 5.41) is 5.55. The number of hydrogen-bond acceptors (Lipinski definition) is 8. The monoisotopic (exact) mass is 737 g/mol. The lowest BCUT2D eigenvalue weighted by Gasteiger charge is -2.30. The van der Waals surface area contributed by atoms with Crippen molar-refractivity contribution in [2.75, 3.05) is 6.54 Å². The zero-order valence-corrected chi connectivity index (χ0v) is 30.0. The van der Waals surface area contributed by atoms with Gasteiger partial charge in [-0.2, -0.15) is 5.48 Å². The van der Waals surface area contributed by atoms with Crippen LogP contribution in [-0.4, -0.2) is 75.6 Å². The number of nitrogens with zero attached hydrogens (tertiary/aromatic N) is 2. The van der Waals surface area contributed by atoms with E-state index < -0.39 is 70.9 Å². The quantitative estimate of drug-likeness (QED) is 0.293. The molecule has 6 rings (SSSR count). The highest BCUT2D eigenvalue weighted by atomic mass is 19.1. The highest BCUT2D eigenvalue weighted by Crippen LogP contribution is 2.45. The van der Waals surface area contributed by atoms with Crippen molar-refractivity contribution in [3.63, 3.8) is 0 Å². The fourth-order valence-corrected chi connectivity index (χ4v) is 7.04. The molecule has 3 aliphatic heterocycles. The van der Waals surface area contributed by atoms with Crippen molar-refractivity contribution in [2.24, 2.45) is 5.92 Å². The van der Waals surface area contributed by atoms with Gasteiger partial charge in [-0.05, 0) is 82.3 Å². The van der Waals surface area contributed by atoms with Crippen LogP contribution < -0.4 is 21.0 Å². The molecule has 3 N–H and O–H groups in total. The number of halogens is 2. The van der Waals surface area contributed by atoms with Crippen LogP contribution in [0, 0.1) is 17.6 Å². The van der Waals surface area contributed by atoms with Gasteiger partial charge in [-0.15, -0.1) is 0 Å². The third-order valence-electron chi connectivity index (χ3n) is 9.86. The minimum absolute atomic E-state index is 0.00846. The van der Waals surface area contributed by atoms with Crippen LogP contribution in [0.1, 0.15) is 76.8 Å². The summed E-state index contributed by atoms with van der Waals surface area (Å²) in [5.41, 5.74) is 1.18. The Balaban J connectivity index is 1.23. The van der Waals surface area contributed by atoms with E-state index in [1.54, 1.807) is 32.9 Å². The van der Waals surface area contributed by atoms with E-state index in [9.17, 15) is 32.8 Å². The maximum atomic E-state index is 14.4. The molecule has 0 spiro atoms. The number of amides is 5. The van der Waals surface area contributed by atoms with Crippen LogP contribution in [0.5, 0.6) is 5.75 Å². The molecule has 1 unspecified atom stereocenters. The van der Waals surface area contributed by atoms with Crippen molar-refractivity contribution in [3.8, 4) is 5.75 Å². The lowest BCUT2D eigenvalue weighted by molar-refractivity contribution is -0.142. The smallest absolute Gasteiger partial charge is 0.410 e. The summed E-state index contributed by atoms with van der Waals surface area (Å²) in [7, 11) is 0. The topological polar surface area (TPSA) is 156 Å². The summed E-state index contributed by atoms with van der Waals surface area (Å²) in [6.45, 7) is 5.09. The molecule has 0 radical (unpaired) electrons. The lowest BCUT2D eigenvalue weighted by Crippen LogP contribution is -2.58. The second-order valence-electron chi connectivity index (χ2n) is 15.0. The number of ether oxygens (including phenoxy) is 2. The molecule has 4 aliphatic rings. The maximum Gasteiger partial charge on any atom is 0.410 e. The minimum atomic E-state index is -1.42. The molecule has 5 atom stereocenters. The molecule has 15 heteroatoms. The molecule has 1 aliphatic carbocycles. The molecule has 53 heavy (non-hydrogen) atoms. The number of alkyl carbamates (subject to hydrolysis) is 1. The number of allylic oxidation sites excluding steroid dienone is 1. The predicted octanol–water partition coefficient (Wildman–Crippen LogP) is 4.79. The number of rotatable bonds is 5. The molecule has 2 fully saturated rings. The Morgan fingerprint density at radius 3 is 2.51 bits per heavy atom. The van der Waals surface area contributed by atoms with Crippen molar-refractivity contribution >= 4 is 29.9 Å². The second-order valence-corrected chi connectivity index (χ2v) is 15.0. The normalized spacial score (nSPS) is 26.4. The first-order valence-corrected chi connectivity index (χ1v) is 18.0. The van der Waals surface area contributed by atoms with Crippen molar-refractivity contribution < 1.29 is 47.1 Å².